The summed E-state index contributed by atoms with van der Waals surface area (Å²) in [4.78, 5) is 22.6. The summed E-state index contributed by atoms with van der Waals surface area (Å²) in [5.41, 5.74) is 2.97. The first-order valence-electron chi connectivity index (χ1n) is 8.84. The van der Waals surface area contributed by atoms with E-state index in [-0.39, 0.29) is 17.8 Å². The number of hydrogen-bond acceptors (Lipinski definition) is 6. The third-order valence-electron chi connectivity index (χ3n) is 4.39. The normalized spacial score (nSPS) is 13.0. The molecule has 0 saturated heterocycles. The largest absolute Gasteiger partial charge is 0.314 e. The molecule has 140 valence electrons. The van der Waals surface area contributed by atoms with Crippen molar-refractivity contribution in [3.63, 3.8) is 0 Å². The summed E-state index contributed by atoms with van der Waals surface area (Å²) in [6.45, 7) is 5.44. The van der Waals surface area contributed by atoms with Crippen LogP contribution in [0.15, 0.2) is 30.5 Å². The molecule has 0 bridgehead atoms. The maximum atomic E-state index is 12.5. The third kappa shape index (κ3) is 4.17. The number of hydrogen-bond donors (Lipinski definition) is 4. The molecule has 0 radical (unpaired) electrons. The van der Waals surface area contributed by atoms with E-state index in [0.717, 1.165) is 31.4 Å². The van der Waals surface area contributed by atoms with Crippen LogP contribution in [0.25, 0.3) is 0 Å². The van der Waals surface area contributed by atoms with Gasteiger partial charge in [0.1, 0.15) is 17.2 Å². The SMILES string of the molecule is CC(C)N(C=N)C(=N)c1cccc(NC(=O)c2cc3c(cn2)CCNC3)n1. The molecule has 2 aromatic rings. The molecule has 8 heteroatoms. The zero-order valence-corrected chi connectivity index (χ0v) is 15.4. The predicted molar refractivity (Wildman–Crippen MR) is 104 cm³/mol. The minimum Gasteiger partial charge on any atom is -0.314 e. The van der Waals surface area contributed by atoms with Crippen molar-refractivity contribution in [3.05, 3.63) is 53.0 Å². The summed E-state index contributed by atoms with van der Waals surface area (Å²) >= 11 is 0. The highest BCUT2D eigenvalue weighted by atomic mass is 16.1. The monoisotopic (exact) mass is 365 g/mol. The Balaban J connectivity index is 1.77. The summed E-state index contributed by atoms with van der Waals surface area (Å²) in [6, 6.07) is 6.83. The van der Waals surface area contributed by atoms with Crippen LogP contribution < -0.4 is 10.6 Å². The van der Waals surface area contributed by atoms with Crippen LogP contribution in [0, 0.1) is 10.8 Å². The number of aromatic nitrogens is 2. The number of amides is 1. The lowest BCUT2D eigenvalue weighted by molar-refractivity contribution is 0.102. The van der Waals surface area contributed by atoms with Gasteiger partial charge in [0.2, 0.25) is 0 Å². The van der Waals surface area contributed by atoms with Gasteiger partial charge in [0, 0.05) is 18.8 Å². The molecule has 0 saturated carbocycles. The molecule has 0 fully saturated rings. The van der Waals surface area contributed by atoms with Crippen molar-refractivity contribution in [3.8, 4) is 0 Å². The Bertz CT molecular complexity index is 878. The standard InChI is InChI=1S/C19H23N7O/c1-12(2)26(11-20)18(21)15-4-3-5-17(24-15)25-19(27)16-8-14-9-22-7-6-13(14)10-23-16/h3-5,8,10-12,20-22H,6-7,9H2,1-2H3,(H,24,25,27). The number of anilines is 1. The molecule has 2 aromatic heterocycles. The van der Waals surface area contributed by atoms with E-state index in [2.05, 4.69) is 20.6 Å². The summed E-state index contributed by atoms with van der Waals surface area (Å²) < 4.78 is 0. The number of amidine groups is 1. The lowest BCUT2D eigenvalue weighted by atomic mass is 10.0. The zero-order chi connectivity index (χ0) is 19.4. The first-order valence-corrected chi connectivity index (χ1v) is 8.84. The third-order valence-corrected chi connectivity index (χ3v) is 4.39. The van der Waals surface area contributed by atoms with Crippen LogP contribution in [-0.2, 0) is 13.0 Å². The summed E-state index contributed by atoms with van der Waals surface area (Å²) in [6.07, 6.45) is 3.77. The van der Waals surface area contributed by atoms with Crippen LogP contribution in [0.5, 0.6) is 0 Å². The number of carbonyl (C=O) groups is 1. The van der Waals surface area contributed by atoms with E-state index in [1.54, 1.807) is 30.5 Å². The lowest BCUT2D eigenvalue weighted by Crippen LogP contribution is -2.36. The minimum atomic E-state index is -0.340. The lowest BCUT2D eigenvalue weighted by Gasteiger charge is -2.23. The molecular formula is C19H23N7O. The smallest absolute Gasteiger partial charge is 0.275 e. The van der Waals surface area contributed by atoms with Crippen molar-refractivity contribution in [2.75, 3.05) is 11.9 Å². The number of rotatable bonds is 5. The van der Waals surface area contributed by atoms with Crippen molar-refractivity contribution in [1.82, 2.24) is 20.2 Å². The predicted octanol–water partition coefficient (Wildman–Crippen LogP) is 2.02. The first-order chi connectivity index (χ1) is 13.0. The molecule has 1 amide bonds. The van der Waals surface area contributed by atoms with Crippen LogP contribution in [0.1, 0.15) is 41.2 Å². The average Bonchev–Trinajstić information content (AvgIpc) is 2.68. The Morgan fingerprint density at radius 1 is 1.33 bits per heavy atom. The number of carbonyl (C=O) groups excluding carboxylic acids is 1. The summed E-state index contributed by atoms with van der Waals surface area (Å²) in [5.74, 6) is 0.106. The molecule has 0 unspecified atom stereocenters. The highest BCUT2D eigenvalue weighted by Gasteiger charge is 2.17. The van der Waals surface area contributed by atoms with E-state index in [9.17, 15) is 4.79 Å². The van der Waals surface area contributed by atoms with Crippen LogP contribution in [0.3, 0.4) is 0 Å². The van der Waals surface area contributed by atoms with E-state index < -0.39 is 0 Å². The molecule has 8 nitrogen and oxygen atoms in total. The number of nitrogens with one attached hydrogen (secondary N) is 4. The molecule has 27 heavy (non-hydrogen) atoms. The Kier molecular flexibility index (Phi) is 5.56. The first kappa shape index (κ1) is 18.7. The van der Waals surface area contributed by atoms with Gasteiger partial charge in [-0.15, -0.1) is 0 Å². The number of pyridine rings is 2. The fourth-order valence-corrected chi connectivity index (χ4v) is 2.91. The van der Waals surface area contributed by atoms with Crippen molar-refractivity contribution in [2.45, 2.75) is 32.9 Å². The molecule has 0 aliphatic carbocycles. The molecule has 0 aromatic carbocycles. The Morgan fingerprint density at radius 3 is 2.89 bits per heavy atom. The van der Waals surface area contributed by atoms with Gasteiger partial charge in [-0.1, -0.05) is 6.07 Å². The van der Waals surface area contributed by atoms with Crippen LogP contribution in [0.2, 0.25) is 0 Å². The van der Waals surface area contributed by atoms with E-state index in [1.807, 2.05) is 13.8 Å². The van der Waals surface area contributed by atoms with E-state index in [0.29, 0.717) is 17.2 Å². The van der Waals surface area contributed by atoms with Gasteiger partial charge in [-0.2, -0.15) is 0 Å². The van der Waals surface area contributed by atoms with Gasteiger partial charge in [0.25, 0.3) is 5.91 Å². The quantitative estimate of drug-likeness (QED) is 0.478. The molecule has 1 aliphatic rings. The molecule has 4 N–H and O–H groups in total. The molecule has 0 spiro atoms. The average molecular weight is 365 g/mol. The molecule has 3 rings (SSSR count). The number of fused-ring (bicyclic) bond motifs is 1. The van der Waals surface area contributed by atoms with Crippen LogP contribution in [0.4, 0.5) is 5.82 Å². The van der Waals surface area contributed by atoms with E-state index >= 15 is 0 Å². The molecule has 3 heterocycles. The van der Waals surface area contributed by atoms with Gasteiger partial charge < -0.3 is 15.5 Å². The zero-order valence-electron chi connectivity index (χ0n) is 15.4. The maximum absolute atomic E-state index is 12.5. The highest BCUT2D eigenvalue weighted by Crippen LogP contribution is 2.15. The van der Waals surface area contributed by atoms with E-state index in [1.165, 1.54) is 10.5 Å². The fourth-order valence-electron chi connectivity index (χ4n) is 2.91. The Morgan fingerprint density at radius 2 is 2.15 bits per heavy atom. The summed E-state index contributed by atoms with van der Waals surface area (Å²) in [5, 5.41) is 21.7. The van der Waals surface area contributed by atoms with Crippen LogP contribution >= 0.6 is 0 Å². The highest BCUT2D eigenvalue weighted by molar-refractivity contribution is 6.04. The van der Waals surface area contributed by atoms with Crippen LogP contribution in [-0.4, -0.2) is 45.5 Å². The molecule has 0 atom stereocenters. The fraction of sp³-hybridized carbons (Fsp3) is 0.316. The maximum Gasteiger partial charge on any atom is 0.275 e. The second kappa shape index (κ2) is 8.05. The number of nitrogens with zero attached hydrogens (tertiary/aromatic N) is 3. The van der Waals surface area contributed by atoms with Crippen molar-refractivity contribution in [2.24, 2.45) is 0 Å². The van der Waals surface area contributed by atoms with Gasteiger partial charge >= 0.3 is 0 Å². The summed E-state index contributed by atoms with van der Waals surface area (Å²) in [7, 11) is 0. The molecule has 1 aliphatic heterocycles. The van der Waals surface area contributed by atoms with Gasteiger partial charge in [-0.3, -0.25) is 20.6 Å². The van der Waals surface area contributed by atoms with Gasteiger partial charge in [0.05, 0.1) is 6.34 Å². The van der Waals surface area contributed by atoms with E-state index in [4.69, 9.17) is 10.8 Å². The van der Waals surface area contributed by atoms with Crippen molar-refractivity contribution >= 4 is 23.9 Å². The van der Waals surface area contributed by atoms with Crippen molar-refractivity contribution in [1.29, 1.82) is 10.8 Å². The van der Waals surface area contributed by atoms with Gasteiger partial charge in [-0.25, -0.2) is 4.98 Å². The van der Waals surface area contributed by atoms with Crippen molar-refractivity contribution < 1.29 is 4.79 Å². The Hall–Kier alpha value is -3.13. The second-order valence-electron chi connectivity index (χ2n) is 6.61. The Labute approximate surface area is 158 Å². The topological polar surface area (TPSA) is 118 Å². The van der Waals surface area contributed by atoms with Gasteiger partial charge in [0.15, 0.2) is 5.84 Å². The minimum absolute atomic E-state index is 0.0386. The second-order valence-corrected chi connectivity index (χ2v) is 6.61. The molecular weight excluding hydrogens is 342 g/mol. The van der Waals surface area contributed by atoms with Gasteiger partial charge in [-0.05, 0) is 56.1 Å².